The predicted octanol–water partition coefficient (Wildman–Crippen LogP) is 4.02. The number of carbonyl (C=O) groups excluding carboxylic acids is 2. The van der Waals surface area contributed by atoms with Crippen molar-refractivity contribution in [1.82, 2.24) is 20.3 Å². The van der Waals surface area contributed by atoms with Crippen molar-refractivity contribution < 1.29 is 31.2 Å². The van der Waals surface area contributed by atoms with E-state index in [9.17, 15) is 31.2 Å². The molecule has 2 amide bonds. The second kappa shape index (κ2) is 13.8. The molecule has 3 N–H and O–H groups in total. The Hall–Kier alpha value is -3.22. The number of likely N-dealkylation sites (tertiary alicyclic amines) is 1. The molecule has 12 heteroatoms. The molecular weight excluding hydrogens is 569 g/mol. The number of alkyl halides is 3. The fourth-order valence-electron chi connectivity index (χ4n) is 5.49. The van der Waals surface area contributed by atoms with E-state index in [4.69, 9.17) is 0 Å². The molecule has 0 spiro atoms. The standard InChI is InChI=1S/C30H37F3N4O4S/c1-2-42(40,41)36-19-23-13-15-37(20-23)29(39)25-9-7-24(8-10-25)27(16-22-4-3-14-34-17-22)28(38)35-18-21-5-11-26(12-6-21)30(31,32)33/h2,5-12,22-23,27,34,36H,1,3-4,13-20H2,(H,35,38)/t22-,23-,27+/m1/s1. The molecule has 2 aliphatic rings. The van der Waals surface area contributed by atoms with E-state index in [0.717, 1.165) is 49.0 Å². The van der Waals surface area contributed by atoms with Gasteiger partial charge in [0.05, 0.1) is 11.5 Å². The quantitative estimate of drug-likeness (QED) is 0.358. The van der Waals surface area contributed by atoms with Crippen LogP contribution in [-0.2, 0) is 27.5 Å². The zero-order valence-electron chi connectivity index (χ0n) is 23.3. The minimum atomic E-state index is -4.42. The first-order valence-electron chi connectivity index (χ1n) is 14.1. The smallest absolute Gasteiger partial charge is 0.351 e. The van der Waals surface area contributed by atoms with Gasteiger partial charge in [0.1, 0.15) is 0 Å². The second-order valence-electron chi connectivity index (χ2n) is 11.0. The Labute approximate surface area is 244 Å². The molecule has 228 valence electrons. The van der Waals surface area contributed by atoms with Crippen LogP contribution in [0, 0.1) is 11.8 Å². The maximum Gasteiger partial charge on any atom is 0.416 e. The third-order valence-corrected chi connectivity index (χ3v) is 8.97. The van der Waals surface area contributed by atoms with Crippen molar-refractivity contribution >= 4 is 21.8 Å². The molecule has 2 saturated heterocycles. The number of nitrogens with zero attached hydrogens (tertiary/aromatic N) is 1. The minimum absolute atomic E-state index is 0.00444. The van der Waals surface area contributed by atoms with Gasteiger partial charge in [-0.3, -0.25) is 9.59 Å². The lowest BCUT2D eigenvalue weighted by Crippen LogP contribution is -2.35. The van der Waals surface area contributed by atoms with Gasteiger partial charge in [-0.1, -0.05) is 30.8 Å². The van der Waals surface area contributed by atoms with E-state index in [-0.39, 0.29) is 30.8 Å². The van der Waals surface area contributed by atoms with Crippen LogP contribution in [0.15, 0.2) is 60.5 Å². The van der Waals surface area contributed by atoms with Crippen molar-refractivity contribution in [2.75, 3.05) is 32.7 Å². The maximum absolute atomic E-state index is 13.4. The van der Waals surface area contributed by atoms with Crippen molar-refractivity contribution in [3.63, 3.8) is 0 Å². The average molecular weight is 607 g/mol. The van der Waals surface area contributed by atoms with E-state index in [1.54, 1.807) is 29.2 Å². The van der Waals surface area contributed by atoms with Gasteiger partial charge in [0.15, 0.2) is 0 Å². The van der Waals surface area contributed by atoms with Crippen LogP contribution in [0.1, 0.15) is 58.6 Å². The average Bonchev–Trinajstić information content (AvgIpc) is 3.47. The zero-order valence-corrected chi connectivity index (χ0v) is 24.1. The van der Waals surface area contributed by atoms with E-state index in [0.29, 0.717) is 43.0 Å². The first-order chi connectivity index (χ1) is 19.9. The number of amides is 2. The summed E-state index contributed by atoms with van der Waals surface area (Å²) >= 11 is 0. The van der Waals surface area contributed by atoms with Gasteiger partial charge in [-0.25, -0.2) is 13.1 Å². The SMILES string of the molecule is C=CS(=O)(=O)NC[C@H]1CCN(C(=O)c2ccc([C@H](C[C@H]3CCCNC3)C(=O)NCc3ccc(C(F)(F)F)cc3)cc2)C1. The normalized spacial score (nSPS) is 20.2. The molecule has 2 fully saturated rings. The van der Waals surface area contributed by atoms with Crippen molar-refractivity contribution in [1.29, 1.82) is 0 Å². The number of nitrogens with one attached hydrogen (secondary N) is 3. The molecule has 0 aromatic heterocycles. The van der Waals surface area contributed by atoms with E-state index >= 15 is 0 Å². The number of hydrogen-bond acceptors (Lipinski definition) is 5. The Kier molecular flexibility index (Phi) is 10.4. The summed E-state index contributed by atoms with van der Waals surface area (Å²) in [6.45, 7) is 6.31. The van der Waals surface area contributed by atoms with Gasteiger partial charge in [-0.15, -0.1) is 0 Å². The highest BCUT2D eigenvalue weighted by atomic mass is 32.2. The summed E-state index contributed by atoms with van der Waals surface area (Å²) < 4.78 is 64.4. The first-order valence-corrected chi connectivity index (χ1v) is 15.7. The molecule has 42 heavy (non-hydrogen) atoms. The Bertz CT molecular complexity index is 1340. The molecule has 4 rings (SSSR count). The van der Waals surface area contributed by atoms with Gasteiger partial charge >= 0.3 is 6.18 Å². The highest BCUT2D eigenvalue weighted by molar-refractivity contribution is 7.92. The van der Waals surface area contributed by atoms with Crippen molar-refractivity contribution in [2.45, 2.75) is 44.3 Å². The lowest BCUT2D eigenvalue weighted by Gasteiger charge is -2.27. The summed E-state index contributed by atoms with van der Waals surface area (Å²) in [5.74, 6) is -0.561. The molecule has 3 atom stereocenters. The molecule has 0 saturated carbocycles. The number of piperidine rings is 1. The molecule has 8 nitrogen and oxygen atoms in total. The van der Waals surface area contributed by atoms with Crippen LogP contribution in [-0.4, -0.2) is 57.9 Å². The van der Waals surface area contributed by atoms with Gasteiger partial charge < -0.3 is 15.5 Å². The molecule has 0 bridgehead atoms. The largest absolute Gasteiger partial charge is 0.416 e. The Morgan fingerprint density at radius 3 is 2.40 bits per heavy atom. The van der Waals surface area contributed by atoms with Crippen molar-refractivity contribution in [2.24, 2.45) is 11.8 Å². The number of sulfonamides is 1. The summed E-state index contributed by atoms with van der Waals surface area (Å²) in [4.78, 5) is 28.2. The van der Waals surface area contributed by atoms with E-state index < -0.39 is 27.7 Å². The van der Waals surface area contributed by atoms with Crippen LogP contribution >= 0.6 is 0 Å². The number of rotatable bonds is 11. The third-order valence-electron chi connectivity index (χ3n) is 7.96. The van der Waals surface area contributed by atoms with Crippen LogP contribution in [0.4, 0.5) is 13.2 Å². The Morgan fingerprint density at radius 2 is 1.79 bits per heavy atom. The zero-order chi connectivity index (χ0) is 30.3. The summed E-state index contributed by atoms with van der Waals surface area (Å²) in [5, 5.41) is 7.12. The van der Waals surface area contributed by atoms with Crippen molar-refractivity contribution in [3.8, 4) is 0 Å². The number of halogens is 3. The molecule has 0 aliphatic carbocycles. The van der Waals surface area contributed by atoms with Gasteiger partial charge in [-0.05, 0) is 86.0 Å². The Morgan fingerprint density at radius 1 is 1.07 bits per heavy atom. The van der Waals surface area contributed by atoms with Crippen LogP contribution in [0.3, 0.4) is 0 Å². The number of carbonyl (C=O) groups is 2. The lowest BCUT2D eigenvalue weighted by atomic mass is 9.84. The topological polar surface area (TPSA) is 108 Å². The van der Waals surface area contributed by atoms with Crippen LogP contribution in [0.2, 0.25) is 0 Å². The molecule has 0 radical (unpaired) electrons. The highest BCUT2D eigenvalue weighted by Gasteiger charge is 2.31. The molecule has 2 aromatic rings. The summed E-state index contributed by atoms with van der Waals surface area (Å²) in [5.41, 5.74) is 1.07. The number of hydrogen-bond donors (Lipinski definition) is 3. The van der Waals surface area contributed by atoms with E-state index in [1.165, 1.54) is 12.1 Å². The Balaban J connectivity index is 1.40. The van der Waals surface area contributed by atoms with Crippen LogP contribution in [0.25, 0.3) is 0 Å². The molecule has 2 aliphatic heterocycles. The summed E-state index contributed by atoms with van der Waals surface area (Å²) in [6, 6.07) is 11.7. The summed E-state index contributed by atoms with van der Waals surface area (Å²) in [7, 11) is -3.52. The van der Waals surface area contributed by atoms with Gasteiger partial charge in [0, 0.05) is 37.2 Å². The van der Waals surface area contributed by atoms with Gasteiger partial charge in [0.25, 0.3) is 5.91 Å². The fraction of sp³-hybridized carbons (Fsp3) is 0.467. The predicted molar refractivity (Wildman–Crippen MR) is 154 cm³/mol. The highest BCUT2D eigenvalue weighted by Crippen LogP contribution is 2.30. The molecule has 2 aromatic carbocycles. The fourth-order valence-corrected chi connectivity index (χ4v) is 6.08. The van der Waals surface area contributed by atoms with Crippen molar-refractivity contribution in [3.05, 3.63) is 82.8 Å². The van der Waals surface area contributed by atoms with E-state index in [2.05, 4.69) is 21.9 Å². The van der Waals surface area contributed by atoms with Gasteiger partial charge in [-0.2, -0.15) is 13.2 Å². The second-order valence-corrected chi connectivity index (χ2v) is 12.7. The summed E-state index contributed by atoms with van der Waals surface area (Å²) in [6.07, 6.45) is -1.13. The third kappa shape index (κ3) is 8.65. The van der Waals surface area contributed by atoms with Crippen LogP contribution < -0.4 is 15.4 Å². The van der Waals surface area contributed by atoms with Crippen LogP contribution in [0.5, 0.6) is 0 Å². The minimum Gasteiger partial charge on any atom is -0.351 e. The van der Waals surface area contributed by atoms with E-state index in [1.807, 2.05) is 0 Å². The number of benzene rings is 2. The maximum atomic E-state index is 13.4. The first kappa shape index (κ1) is 31.7. The molecule has 2 heterocycles. The van der Waals surface area contributed by atoms with Gasteiger partial charge in [0.2, 0.25) is 15.9 Å². The monoisotopic (exact) mass is 606 g/mol. The molecule has 0 unspecified atom stereocenters. The molecular formula is C30H37F3N4O4S. The lowest BCUT2D eigenvalue weighted by molar-refractivity contribution is -0.137.